The Hall–Kier alpha value is -3.15. The fourth-order valence-electron chi connectivity index (χ4n) is 2.57. The minimum Gasteiger partial charge on any atom is -0.366 e. The molecule has 0 aliphatic heterocycles. The minimum atomic E-state index is -0.538. The highest BCUT2D eigenvalue weighted by atomic mass is 16.1. The second kappa shape index (κ2) is 3.92. The lowest BCUT2D eigenvalue weighted by molar-refractivity contribution is 0.100. The molecule has 6 nitrogen and oxygen atoms in total. The maximum atomic E-state index is 12.3. The molecule has 0 radical (unpaired) electrons. The van der Waals surface area contributed by atoms with Crippen LogP contribution in [0.2, 0.25) is 0 Å². The van der Waals surface area contributed by atoms with Crippen LogP contribution in [0.25, 0.3) is 27.6 Å². The third kappa shape index (κ3) is 1.56. The van der Waals surface area contributed by atoms with Gasteiger partial charge in [-0.25, -0.2) is 14.2 Å². The summed E-state index contributed by atoms with van der Waals surface area (Å²) in [7, 11) is 0. The van der Waals surface area contributed by atoms with Gasteiger partial charge in [0.05, 0.1) is 16.6 Å². The van der Waals surface area contributed by atoms with E-state index in [0.717, 1.165) is 10.9 Å². The predicted octanol–water partition coefficient (Wildman–Crippen LogP) is 1.43. The third-order valence-corrected chi connectivity index (χ3v) is 3.55. The standard InChI is InChI=1S/C15H10N4O2/c16-13(20)8-5-6-11-12(7-8)19-14(17-11)9-3-1-2-4-10(9)18-15(19)21/h1-7H,(H2,16,20)(H,18,21). The van der Waals surface area contributed by atoms with Crippen molar-refractivity contribution in [3.8, 4) is 0 Å². The molecule has 1 amide bonds. The highest BCUT2D eigenvalue weighted by Crippen LogP contribution is 2.21. The molecule has 0 bridgehead atoms. The molecule has 0 aliphatic rings. The van der Waals surface area contributed by atoms with Gasteiger partial charge in [0, 0.05) is 10.9 Å². The lowest BCUT2D eigenvalue weighted by atomic mass is 10.2. The summed E-state index contributed by atoms with van der Waals surface area (Å²) in [5, 5.41) is 0.842. The maximum absolute atomic E-state index is 12.3. The molecule has 0 aliphatic carbocycles. The lowest BCUT2D eigenvalue weighted by Gasteiger charge is -2.00. The van der Waals surface area contributed by atoms with E-state index in [0.29, 0.717) is 22.2 Å². The summed E-state index contributed by atoms with van der Waals surface area (Å²) in [6.07, 6.45) is 0. The number of hydrogen-bond donors (Lipinski definition) is 2. The zero-order valence-electron chi connectivity index (χ0n) is 10.8. The van der Waals surface area contributed by atoms with Crippen molar-refractivity contribution in [3.63, 3.8) is 0 Å². The van der Waals surface area contributed by atoms with Crippen LogP contribution in [0.5, 0.6) is 0 Å². The van der Waals surface area contributed by atoms with Crippen molar-refractivity contribution in [2.75, 3.05) is 0 Å². The highest BCUT2D eigenvalue weighted by molar-refractivity contribution is 5.99. The van der Waals surface area contributed by atoms with E-state index in [1.807, 2.05) is 24.3 Å². The van der Waals surface area contributed by atoms with Gasteiger partial charge in [0.1, 0.15) is 0 Å². The molecule has 2 aromatic heterocycles. The molecule has 3 N–H and O–H groups in total. The Balaban J connectivity index is 2.27. The van der Waals surface area contributed by atoms with Crippen molar-refractivity contribution in [1.29, 1.82) is 0 Å². The quantitative estimate of drug-likeness (QED) is 0.551. The minimum absolute atomic E-state index is 0.298. The van der Waals surface area contributed by atoms with Crippen LogP contribution in [0.3, 0.4) is 0 Å². The summed E-state index contributed by atoms with van der Waals surface area (Å²) in [5.74, 6) is -0.538. The van der Waals surface area contributed by atoms with E-state index in [4.69, 9.17) is 5.73 Å². The Morgan fingerprint density at radius 1 is 1.19 bits per heavy atom. The number of aromatic amines is 1. The second-order valence-electron chi connectivity index (χ2n) is 4.81. The number of amides is 1. The lowest BCUT2D eigenvalue weighted by Crippen LogP contribution is -2.16. The van der Waals surface area contributed by atoms with E-state index in [-0.39, 0.29) is 5.69 Å². The summed E-state index contributed by atoms with van der Waals surface area (Å²) >= 11 is 0. The molecule has 0 fully saturated rings. The molecule has 4 aromatic rings. The number of primary amides is 1. The van der Waals surface area contributed by atoms with Gasteiger partial charge in [-0.1, -0.05) is 12.1 Å². The van der Waals surface area contributed by atoms with E-state index >= 15 is 0 Å². The summed E-state index contributed by atoms with van der Waals surface area (Å²) in [5.41, 5.74) is 7.83. The van der Waals surface area contributed by atoms with Gasteiger partial charge in [0.15, 0.2) is 5.65 Å². The summed E-state index contributed by atoms with van der Waals surface area (Å²) in [4.78, 5) is 30.9. The summed E-state index contributed by atoms with van der Waals surface area (Å²) < 4.78 is 1.46. The number of H-pyrrole nitrogens is 1. The van der Waals surface area contributed by atoms with Crippen LogP contribution in [0.15, 0.2) is 47.3 Å². The van der Waals surface area contributed by atoms with Crippen LogP contribution in [0.4, 0.5) is 0 Å². The Morgan fingerprint density at radius 2 is 2.00 bits per heavy atom. The number of fused-ring (bicyclic) bond motifs is 5. The van der Waals surface area contributed by atoms with Crippen molar-refractivity contribution in [3.05, 3.63) is 58.5 Å². The molecule has 2 heterocycles. The average molecular weight is 278 g/mol. The number of carbonyl (C=O) groups excluding carboxylic acids is 1. The molecule has 0 spiro atoms. The van der Waals surface area contributed by atoms with E-state index in [2.05, 4.69) is 9.97 Å². The van der Waals surface area contributed by atoms with Crippen LogP contribution in [-0.2, 0) is 0 Å². The van der Waals surface area contributed by atoms with Gasteiger partial charge in [0.25, 0.3) is 0 Å². The molecular weight excluding hydrogens is 268 g/mol. The zero-order valence-corrected chi connectivity index (χ0v) is 10.8. The van der Waals surface area contributed by atoms with Crippen LogP contribution < -0.4 is 11.4 Å². The fourth-order valence-corrected chi connectivity index (χ4v) is 2.57. The van der Waals surface area contributed by atoms with Crippen LogP contribution in [0.1, 0.15) is 10.4 Å². The van der Waals surface area contributed by atoms with Gasteiger partial charge < -0.3 is 10.7 Å². The van der Waals surface area contributed by atoms with E-state index in [9.17, 15) is 9.59 Å². The monoisotopic (exact) mass is 278 g/mol. The SMILES string of the molecule is NC(=O)c1ccc2nc3c4ccccc4[nH]c(=O)n3c2c1. The predicted molar refractivity (Wildman–Crippen MR) is 79.3 cm³/mol. The van der Waals surface area contributed by atoms with Crippen LogP contribution >= 0.6 is 0 Å². The number of imidazole rings is 1. The van der Waals surface area contributed by atoms with Gasteiger partial charge in [0.2, 0.25) is 5.91 Å². The smallest absolute Gasteiger partial charge is 0.332 e. The summed E-state index contributed by atoms with van der Waals surface area (Å²) in [6.45, 7) is 0. The molecule has 21 heavy (non-hydrogen) atoms. The Labute approximate surface area is 117 Å². The van der Waals surface area contributed by atoms with E-state index in [1.54, 1.807) is 18.2 Å². The number of carbonyl (C=O) groups is 1. The molecule has 0 saturated carbocycles. The topological polar surface area (TPSA) is 93.2 Å². The first kappa shape index (κ1) is 11.7. The number of aromatic nitrogens is 3. The number of rotatable bonds is 1. The highest BCUT2D eigenvalue weighted by Gasteiger charge is 2.12. The average Bonchev–Trinajstić information content (AvgIpc) is 2.86. The first-order valence-corrected chi connectivity index (χ1v) is 6.38. The molecule has 0 atom stereocenters. The number of nitrogens with one attached hydrogen (secondary N) is 1. The maximum Gasteiger partial charge on any atom is 0.332 e. The van der Waals surface area contributed by atoms with Gasteiger partial charge >= 0.3 is 5.69 Å². The third-order valence-electron chi connectivity index (χ3n) is 3.55. The first-order chi connectivity index (χ1) is 10.1. The molecule has 2 aromatic carbocycles. The number of nitrogens with zero attached hydrogens (tertiary/aromatic N) is 2. The van der Waals surface area contributed by atoms with Gasteiger partial charge in [-0.3, -0.25) is 4.79 Å². The van der Waals surface area contributed by atoms with Crippen molar-refractivity contribution in [2.24, 2.45) is 5.73 Å². The zero-order chi connectivity index (χ0) is 14.6. The van der Waals surface area contributed by atoms with Crippen molar-refractivity contribution in [2.45, 2.75) is 0 Å². The second-order valence-corrected chi connectivity index (χ2v) is 4.81. The van der Waals surface area contributed by atoms with Gasteiger partial charge in [-0.05, 0) is 30.3 Å². The summed E-state index contributed by atoms with van der Waals surface area (Å²) in [6, 6.07) is 12.3. The molecular formula is C15H10N4O2. The normalized spacial score (nSPS) is 11.4. The molecule has 102 valence electrons. The van der Waals surface area contributed by atoms with E-state index < -0.39 is 5.91 Å². The van der Waals surface area contributed by atoms with Crippen molar-refractivity contribution >= 4 is 33.5 Å². The van der Waals surface area contributed by atoms with Crippen LogP contribution in [-0.4, -0.2) is 20.3 Å². The largest absolute Gasteiger partial charge is 0.366 e. The van der Waals surface area contributed by atoms with Crippen LogP contribution in [0, 0.1) is 0 Å². The van der Waals surface area contributed by atoms with Crippen molar-refractivity contribution < 1.29 is 4.79 Å². The number of para-hydroxylation sites is 1. The Morgan fingerprint density at radius 3 is 2.81 bits per heavy atom. The number of nitrogens with two attached hydrogens (primary N) is 1. The molecule has 0 unspecified atom stereocenters. The van der Waals surface area contributed by atoms with Gasteiger partial charge in [-0.15, -0.1) is 0 Å². The Kier molecular flexibility index (Phi) is 2.18. The fraction of sp³-hybridized carbons (Fsp3) is 0. The van der Waals surface area contributed by atoms with Gasteiger partial charge in [-0.2, -0.15) is 0 Å². The first-order valence-electron chi connectivity index (χ1n) is 6.38. The number of benzene rings is 2. The number of hydrogen-bond acceptors (Lipinski definition) is 3. The molecule has 0 saturated heterocycles. The molecule has 6 heteroatoms. The van der Waals surface area contributed by atoms with E-state index in [1.165, 1.54) is 4.40 Å². The Bertz CT molecular complexity index is 1090. The molecule has 4 rings (SSSR count). The van der Waals surface area contributed by atoms with Crippen molar-refractivity contribution in [1.82, 2.24) is 14.4 Å².